The minimum absolute atomic E-state index is 0.117. The van der Waals surface area contributed by atoms with Crippen LogP contribution in [0.3, 0.4) is 0 Å². The molecule has 0 aliphatic rings. The van der Waals surface area contributed by atoms with Gasteiger partial charge < -0.3 is 10.6 Å². The van der Waals surface area contributed by atoms with Crippen LogP contribution in [0.5, 0.6) is 0 Å². The highest BCUT2D eigenvalue weighted by molar-refractivity contribution is 6.10. The van der Waals surface area contributed by atoms with E-state index in [4.69, 9.17) is 11.1 Å². The number of nitrogens with zero attached hydrogens (tertiary/aromatic N) is 2. The fourth-order valence-electron chi connectivity index (χ4n) is 3.89. The summed E-state index contributed by atoms with van der Waals surface area (Å²) >= 11 is 0. The molecular formula is C28H26N4O2. The normalized spacial score (nSPS) is 10.6. The van der Waals surface area contributed by atoms with Crippen molar-refractivity contribution in [1.29, 1.82) is 5.41 Å². The lowest BCUT2D eigenvalue weighted by molar-refractivity contribution is -0.128. The number of rotatable bonds is 7. The van der Waals surface area contributed by atoms with Gasteiger partial charge in [0.2, 0.25) is 5.91 Å². The summed E-state index contributed by atoms with van der Waals surface area (Å²) in [5.74, 6) is -0.638. The number of fused-ring (bicyclic) bond motifs is 1. The molecule has 0 saturated heterocycles. The lowest BCUT2D eigenvalue weighted by Crippen LogP contribution is -2.41. The zero-order chi connectivity index (χ0) is 24.1. The number of nitrogens with two attached hydrogens (primary N) is 1. The number of hydrogen-bond donors (Lipinski definition) is 2. The highest BCUT2D eigenvalue weighted by atomic mass is 16.2. The highest BCUT2D eigenvalue weighted by Crippen LogP contribution is 2.21. The molecule has 4 aromatic rings. The van der Waals surface area contributed by atoms with Crippen molar-refractivity contribution in [2.45, 2.75) is 6.54 Å². The number of anilines is 1. The molecule has 0 aromatic heterocycles. The van der Waals surface area contributed by atoms with E-state index in [1.807, 2.05) is 60.7 Å². The zero-order valence-electron chi connectivity index (χ0n) is 18.9. The predicted molar refractivity (Wildman–Crippen MR) is 136 cm³/mol. The summed E-state index contributed by atoms with van der Waals surface area (Å²) in [5.41, 5.74) is 8.08. The van der Waals surface area contributed by atoms with Gasteiger partial charge in [-0.2, -0.15) is 0 Å². The fourth-order valence-corrected chi connectivity index (χ4v) is 3.89. The molecule has 0 aliphatic carbocycles. The van der Waals surface area contributed by atoms with Crippen LogP contribution in [-0.2, 0) is 11.3 Å². The number of para-hydroxylation sites is 1. The Morgan fingerprint density at radius 1 is 0.824 bits per heavy atom. The summed E-state index contributed by atoms with van der Waals surface area (Å²) in [4.78, 5) is 29.8. The fraction of sp³-hybridized carbons (Fsp3) is 0.107. The Morgan fingerprint density at radius 3 is 2.24 bits per heavy atom. The third-order valence-electron chi connectivity index (χ3n) is 5.74. The summed E-state index contributed by atoms with van der Waals surface area (Å²) in [6.45, 7) is 0.311. The van der Waals surface area contributed by atoms with Crippen LogP contribution in [0, 0.1) is 5.41 Å². The number of likely N-dealkylation sites (N-methyl/N-ethyl adjacent to an activating group) is 1. The van der Waals surface area contributed by atoms with Gasteiger partial charge in [-0.25, -0.2) is 0 Å². The van der Waals surface area contributed by atoms with Gasteiger partial charge in [-0.1, -0.05) is 72.8 Å². The number of hydrogen-bond acceptors (Lipinski definition) is 3. The maximum absolute atomic E-state index is 13.5. The molecule has 4 rings (SSSR count). The van der Waals surface area contributed by atoms with E-state index in [1.165, 1.54) is 4.90 Å². The summed E-state index contributed by atoms with van der Waals surface area (Å²) in [6, 6.07) is 29.8. The first-order valence-electron chi connectivity index (χ1n) is 11.0. The quantitative estimate of drug-likeness (QED) is 0.322. The van der Waals surface area contributed by atoms with Gasteiger partial charge >= 0.3 is 0 Å². The van der Waals surface area contributed by atoms with Crippen LogP contribution in [0.2, 0.25) is 0 Å². The molecular weight excluding hydrogens is 424 g/mol. The summed E-state index contributed by atoms with van der Waals surface area (Å²) < 4.78 is 0. The lowest BCUT2D eigenvalue weighted by atomic mass is 10.0. The Hall–Kier alpha value is -4.45. The molecule has 0 unspecified atom stereocenters. The average molecular weight is 451 g/mol. The molecule has 0 bridgehead atoms. The minimum atomic E-state index is -0.332. The van der Waals surface area contributed by atoms with Gasteiger partial charge in [-0.15, -0.1) is 0 Å². The average Bonchev–Trinajstić information content (AvgIpc) is 2.87. The smallest absolute Gasteiger partial charge is 0.258 e. The Morgan fingerprint density at radius 2 is 1.47 bits per heavy atom. The molecule has 4 aromatic carbocycles. The van der Waals surface area contributed by atoms with Crippen LogP contribution < -0.4 is 10.6 Å². The lowest BCUT2D eigenvalue weighted by Gasteiger charge is -2.26. The van der Waals surface area contributed by atoms with E-state index in [-0.39, 0.29) is 24.2 Å². The van der Waals surface area contributed by atoms with E-state index < -0.39 is 0 Å². The molecule has 0 radical (unpaired) electrons. The monoisotopic (exact) mass is 450 g/mol. The van der Waals surface area contributed by atoms with Crippen molar-refractivity contribution in [2.75, 3.05) is 18.5 Å². The molecule has 0 aliphatic heterocycles. The Bertz CT molecular complexity index is 1350. The Labute approximate surface area is 198 Å². The second kappa shape index (κ2) is 10.0. The van der Waals surface area contributed by atoms with Crippen molar-refractivity contribution in [1.82, 2.24) is 4.90 Å². The van der Waals surface area contributed by atoms with Crippen molar-refractivity contribution in [3.63, 3.8) is 0 Å². The first-order chi connectivity index (χ1) is 16.4. The molecule has 3 N–H and O–H groups in total. The largest absolute Gasteiger partial charge is 0.384 e. The van der Waals surface area contributed by atoms with E-state index in [0.29, 0.717) is 23.4 Å². The van der Waals surface area contributed by atoms with Crippen molar-refractivity contribution in [2.24, 2.45) is 5.73 Å². The first kappa shape index (κ1) is 22.7. The van der Waals surface area contributed by atoms with E-state index in [9.17, 15) is 9.59 Å². The molecule has 170 valence electrons. The number of benzene rings is 4. The molecule has 6 nitrogen and oxygen atoms in total. The van der Waals surface area contributed by atoms with Gasteiger partial charge in [0.25, 0.3) is 5.91 Å². The molecule has 0 saturated carbocycles. The summed E-state index contributed by atoms with van der Waals surface area (Å²) in [7, 11) is 1.74. The number of amides is 2. The van der Waals surface area contributed by atoms with Crippen molar-refractivity contribution < 1.29 is 9.59 Å². The van der Waals surface area contributed by atoms with Crippen molar-refractivity contribution in [3.8, 4) is 0 Å². The van der Waals surface area contributed by atoms with Crippen LogP contribution in [0.15, 0.2) is 97.1 Å². The second-order valence-corrected chi connectivity index (χ2v) is 8.11. The molecule has 34 heavy (non-hydrogen) atoms. The van der Waals surface area contributed by atoms with Gasteiger partial charge in [-0.05, 0) is 40.6 Å². The van der Waals surface area contributed by atoms with E-state index >= 15 is 0 Å². The van der Waals surface area contributed by atoms with Crippen LogP contribution in [0.1, 0.15) is 21.5 Å². The van der Waals surface area contributed by atoms with Gasteiger partial charge in [0.05, 0.1) is 0 Å². The third-order valence-corrected chi connectivity index (χ3v) is 5.74. The SMILES string of the molecule is CN(Cc1cccc2ccccc12)C(=O)CN(C(=O)c1cccc(C(=N)N)c1)c1ccccc1. The second-order valence-electron chi connectivity index (χ2n) is 8.11. The molecule has 0 spiro atoms. The molecule has 0 atom stereocenters. The predicted octanol–water partition coefficient (Wildman–Crippen LogP) is 4.43. The van der Waals surface area contributed by atoms with Crippen LogP contribution >= 0.6 is 0 Å². The Balaban J connectivity index is 1.59. The standard InChI is InChI=1S/C28H26N4O2/c1-31(18-23-13-7-10-20-9-5-6-16-25(20)23)26(33)19-32(24-14-3-2-4-15-24)28(34)22-12-8-11-21(17-22)27(29)30/h2-17H,18-19H2,1H3,(H3,29,30). The number of nitrogens with one attached hydrogen (secondary N) is 1. The van der Waals surface area contributed by atoms with Crippen molar-refractivity contribution >= 4 is 34.1 Å². The van der Waals surface area contributed by atoms with Gasteiger partial charge in [-0.3, -0.25) is 19.9 Å². The summed E-state index contributed by atoms with van der Waals surface area (Å²) in [6.07, 6.45) is 0. The van der Waals surface area contributed by atoms with E-state index in [2.05, 4.69) is 0 Å². The molecule has 0 heterocycles. The topological polar surface area (TPSA) is 90.5 Å². The van der Waals surface area contributed by atoms with E-state index in [1.54, 1.807) is 48.3 Å². The van der Waals surface area contributed by atoms with Crippen LogP contribution in [0.25, 0.3) is 10.8 Å². The molecule has 0 fully saturated rings. The maximum Gasteiger partial charge on any atom is 0.258 e. The first-order valence-corrected chi connectivity index (χ1v) is 11.0. The highest BCUT2D eigenvalue weighted by Gasteiger charge is 2.23. The number of amidine groups is 1. The van der Waals surface area contributed by atoms with Crippen molar-refractivity contribution in [3.05, 3.63) is 114 Å². The zero-order valence-corrected chi connectivity index (χ0v) is 18.9. The number of carbonyl (C=O) groups excluding carboxylic acids is 2. The van der Waals surface area contributed by atoms with Gasteiger partial charge in [0.1, 0.15) is 12.4 Å². The molecule has 2 amide bonds. The number of nitrogen functional groups attached to an aromatic ring is 1. The van der Waals surface area contributed by atoms with Crippen LogP contribution in [0.4, 0.5) is 5.69 Å². The van der Waals surface area contributed by atoms with E-state index in [0.717, 1.165) is 16.3 Å². The Kier molecular flexibility index (Phi) is 6.69. The minimum Gasteiger partial charge on any atom is -0.384 e. The third kappa shape index (κ3) is 4.96. The van der Waals surface area contributed by atoms with Crippen LogP contribution in [-0.4, -0.2) is 36.1 Å². The van der Waals surface area contributed by atoms with Gasteiger partial charge in [0, 0.05) is 30.4 Å². The maximum atomic E-state index is 13.5. The molecule has 6 heteroatoms. The summed E-state index contributed by atoms with van der Waals surface area (Å²) in [5, 5.41) is 9.89. The van der Waals surface area contributed by atoms with Gasteiger partial charge in [0.15, 0.2) is 0 Å². The number of carbonyl (C=O) groups is 2.